The van der Waals surface area contributed by atoms with Gasteiger partial charge in [0.1, 0.15) is 11.6 Å². The smallest absolute Gasteiger partial charge is 0.312 e. The Labute approximate surface area is 153 Å². The highest BCUT2D eigenvalue weighted by molar-refractivity contribution is 7.13. The Kier molecular flexibility index (Phi) is 5.45. The predicted octanol–water partition coefficient (Wildman–Crippen LogP) is 4.80. The summed E-state index contributed by atoms with van der Waals surface area (Å²) in [7, 11) is 0. The van der Waals surface area contributed by atoms with Crippen LogP contribution in [0.1, 0.15) is 11.3 Å². The summed E-state index contributed by atoms with van der Waals surface area (Å²) in [6.07, 6.45) is 3.56. The minimum Gasteiger partial charge on any atom is -0.460 e. The Hall–Kier alpha value is -1.95. The molecule has 1 aromatic carbocycles. The molecule has 0 spiro atoms. The highest BCUT2D eigenvalue weighted by atomic mass is 35.5. The van der Waals surface area contributed by atoms with Gasteiger partial charge in [-0.15, -0.1) is 11.3 Å². The lowest BCUT2D eigenvalue weighted by Crippen LogP contribution is -2.08. The number of ether oxygens (including phenoxy) is 1. The minimum atomic E-state index is -0.357. The number of halogens is 2. The van der Waals surface area contributed by atoms with Crippen molar-refractivity contribution in [2.45, 2.75) is 13.0 Å². The molecule has 2 aromatic heterocycles. The molecule has 0 bridgehead atoms. The molecule has 122 valence electrons. The second kappa shape index (κ2) is 7.75. The van der Waals surface area contributed by atoms with Gasteiger partial charge in [0.2, 0.25) is 0 Å². The van der Waals surface area contributed by atoms with Crippen LogP contribution < -0.4 is 0 Å². The number of pyridine rings is 1. The van der Waals surface area contributed by atoms with Gasteiger partial charge in [-0.1, -0.05) is 29.3 Å². The maximum atomic E-state index is 12.0. The number of rotatable bonds is 5. The maximum absolute atomic E-state index is 12.0. The molecular weight excluding hydrogens is 367 g/mol. The summed E-state index contributed by atoms with van der Waals surface area (Å²) in [5.41, 5.74) is 2.31. The Bertz CT molecular complexity index is 853. The van der Waals surface area contributed by atoms with E-state index in [0.717, 1.165) is 10.6 Å². The molecular formula is C17H12Cl2N2O2S. The molecule has 0 saturated heterocycles. The average Bonchev–Trinajstić information content (AvgIpc) is 3.03. The number of benzene rings is 1. The third kappa shape index (κ3) is 4.32. The summed E-state index contributed by atoms with van der Waals surface area (Å²) in [6, 6.07) is 8.84. The lowest BCUT2D eigenvalue weighted by atomic mass is 10.2. The van der Waals surface area contributed by atoms with E-state index in [9.17, 15) is 4.79 Å². The van der Waals surface area contributed by atoms with Crippen molar-refractivity contribution in [2.75, 3.05) is 0 Å². The molecule has 3 rings (SSSR count). The van der Waals surface area contributed by atoms with E-state index in [1.807, 2.05) is 17.5 Å². The van der Waals surface area contributed by atoms with Crippen LogP contribution in [0.4, 0.5) is 0 Å². The zero-order valence-electron chi connectivity index (χ0n) is 12.4. The number of carbonyl (C=O) groups is 1. The molecule has 0 amide bonds. The molecule has 0 aliphatic heterocycles. The van der Waals surface area contributed by atoms with Crippen molar-refractivity contribution >= 4 is 40.5 Å². The van der Waals surface area contributed by atoms with Gasteiger partial charge in [0.15, 0.2) is 0 Å². The standard InChI is InChI=1S/C17H12Cl2N2O2S/c18-13-4-3-12(15(19)6-13)9-23-16(22)7-14-10-24-17(21-14)11-2-1-5-20-8-11/h1-6,8,10H,7,9H2. The summed E-state index contributed by atoms with van der Waals surface area (Å²) >= 11 is 13.4. The molecule has 0 atom stereocenters. The molecule has 0 aliphatic carbocycles. The predicted molar refractivity (Wildman–Crippen MR) is 95.3 cm³/mol. The summed E-state index contributed by atoms with van der Waals surface area (Å²) < 4.78 is 5.25. The van der Waals surface area contributed by atoms with Crippen LogP contribution in [-0.4, -0.2) is 15.9 Å². The lowest BCUT2D eigenvalue weighted by molar-refractivity contribution is -0.144. The van der Waals surface area contributed by atoms with Crippen LogP contribution >= 0.6 is 34.5 Å². The second-order valence-electron chi connectivity index (χ2n) is 4.96. The summed E-state index contributed by atoms with van der Waals surface area (Å²) in [4.78, 5) is 20.5. The van der Waals surface area contributed by atoms with Crippen molar-refractivity contribution in [3.05, 3.63) is 69.4 Å². The van der Waals surface area contributed by atoms with Crippen LogP contribution in [-0.2, 0) is 22.6 Å². The number of hydrogen-bond donors (Lipinski definition) is 0. The normalized spacial score (nSPS) is 10.6. The van der Waals surface area contributed by atoms with Crippen molar-refractivity contribution in [2.24, 2.45) is 0 Å². The molecule has 7 heteroatoms. The largest absolute Gasteiger partial charge is 0.460 e. The zero-order valence-corrected chi connectivity index (χ0v) is 14.7. The van der Waals surface area contributed by atoms with Gasteiger partial charge in [-0.25, -0.2) is 4.98 Å². The van der Waals surface area contributed by atoms with Gasteiger partial charge in [-0.2, -0.15) is 0 Å². The molecule has 0 fully saturated rings. The molecule has 0 saturated carbocycles. The number of aromatic nitrogens is 2. The first-order valence-electron chi connectivity index (χ1n) is 7.06. The van der Waals surface area contributed by atoms with E-state index < -0.39 is 0 Å². The van der Waals surface area contributed by atoms with Crippen molar-refractivity contribution in [3.8, 4) is 10.6 Å². The fourth-order valence-electron chi connectivity index (χ4n) is 2.01. The van der Waals surface area contributed by atoms with Gasteiger partial charge in [0, 0.05) is 38.9 Å². The molecule has 0 N–H and O–H groups in total. The van der Waals surface area contributed by atoms with E-state index in [0.29, 0.717) is 21.3 Å². The molecule has 0 aliphatic rings. The van der Waals surface area contributed by atoms with Crippen LogP contribution in [0.15, 0.2) is 48.1 Å². The van der Waals surface area contributed by atoms with E-state index in [2.05, 4.69) is 9.97 Å². The third-order valence-electron chi connectivity index (χ3n) is 3.19. The Morgan fingerprint density at radius 1 is 1.25 bits per heavy atom. The van der Waals surface area contributed by atoms with Crippen molar-refractivity contribution in [1.82, 2.24) is 9.97 Å². The number of esters is 1. The van der Waals surface area contributed by atoms with Gasteiger partial charge in [0.05, 0.1) is 12.1 Å². The number of hydrogen-bond acceptors (Lipinski definition) is 5. The van der Waals surface area contributed by atoms with E-state index in [1.54, 1.807) is 30.6 Å². The van der Waals surface area contributed by atoms with Crippen LogP contribution in [0, 0.1) is 0 Å². The van der Waals surface area contributed by atoms with Gasteiger partial charge in [-0.05, 0) is 24.3 Å². The fourth-order valence-corrected chi connectivity index (χ4v) is 3.28. The van der Waals surface area contributed by atoms with Gasteiger partial charge >= 0.3 is 5.97 Å². The first kappa shape index (κ1) is 16.9. The van der Waals surface area contributed by atoms with Gasteiger partial charge in [0.25, 0.3) is 0 Å². The van der Waals surface area contributed by atoms with E-state index in [4.69, 9.17) is 27.9 Å². The molecule has 0 unspecified atom stereocenters. The average molecular weight is 379 g/mol. The van der Waals surface area contributed by atoms with Gasteiger partial charge < -0.3 is 4.74 Å². The first-order valence-corrected chi connectivity index (χ1v) is 8.70. The van der Waals surface area contributed by atoms with E-state index in [-0.39, 0.29) is 19.0 Å². The lowest BCUT2D eigenvalue weighted by Gasteiger charge is -2.06. The first-order chi connectivity index (χ1) is 11.6. The van der Waals surface area contributed by atoms with Crippen LogP contribution in [0.2, 0.25) is 10.0 Å². The number of thiazole rings is 1. The van der Waals surface area contributed by atoms with Crippen molar-refractivity contribution in [1.29, 1.82) is 0 Å². The minimum absolute atomic E-state index is 0.106. The highest BCUT2D eigenvalue weighted by Gasteiger charge is 2.11. The van der Waals surface area contributed by atoms with Crippen LogP contribution in [0.5, 0.6) is 0 Å². The quantitative estimate of drug-likeness (QED) is 0.598. The molecule has 0 radical (unpaired) electrons. The van der Waals surface area contributed by atoms with Crippen LogP contribution in [0.3, 0.4) is 0 Å². The second-order valence-corrected chi connectivity index (χ2v) is 6.66. The monoisotopic (exact) mass is 378 g/mol. The maximum Gasteiger partial charge on any atom is 0.312 e. The topological polar surface area (TPSA) is 52.1 Å². The van der Waals surface area contributed by atoms with Crippen molar-refractivity contribution < 1.29 is 9.53 Å². The summed E-state index contributed by atoms with van der Waals surface area (Å²) in [5.74, 6) is -0.357. The number of nitrogens with zero attached hydrogens (tertiary/aromatic N) is 2. The summed E-state index contributed by atoms with van der Waals surface area (Å²) in [5, 5.41) is 3.69. The third-order valence-corrected chi connectivity index (χ3v) is 4.72. The fraction of sp³-hybridized carbons (Fsp3) is 0.118. The van der Waals surface area contributed by atoms with Gasteiger partial charge in [-0.3, -0.25) is 9.78 Å². The molecule has 2 heterocycles. The van der Waals surface area contributed by atoms with E-state index in [1.165, 1.54) is 11.3 Å². The van der Waals surface area contributed by atoms with Crippen molar-refractivity contribution in [3.63, 3.8) is 0 Å². The zero-order chi connectivity index (χ0) is 16.9. The van der Waals surface area contributed by atoms with E-state index >= 15 is 0 Å². The van der Waals surface area contributed by atoms with Crippen LogP contribution in [0.25, 0.3) is 10.6 Å². The SMILES string of the molecule is O=C(Cc1csc(-c2cccnc2)n1)OCc1ccc(Cl)cc1Cl. The Balaban J connectivity index is 1.58. The molecule has 24 heavy (non-hydrogen) atoms. The Morgan fingerprint density at radius 2 is 2.12 bits per heavy atom. The number of carbonyl (C=O) groups excluding carboxylic acids is 1. The Morgan fingerprint density at radius 3 is 2.88 bits per heavy atom. The molecule has 3 aromatic rings. The highest BCUT2D eigenvalue weighted by Crippen LogP contribution is 2.24. The summed E-state index contributed by atoms with van der Waals surface area (Å²) in [6.45, 7) is 0.106. The molecule has 4 nitrogen and oxygen atoms in total.